The summed E-state index contributed by atoms with van der Waals surface area (Å²) in [6, 6.07) is 8.01. The van der Waals surface area contributed by atoms with Crippen LogP contribution in [0.2, 0.25) is 0 Å². The van der Waals surface area contributed by atoms with Gasteiger partial charge in [0.2, 0.25) is 5.91 Å². The minimum Gasteiger partial charge on any atom is -0.481 e. The van der Waals surface area contributed by atoms with E-state index in [4.69, 9.17) is 9.84 Å². The summed E-state index contributed by atoms with van der Waals surface area (Å²) in [4.78, 5) is 24.3. The maximum absolute atomic E-state index is 14.1. The van der Waals surface area contributed by atoms with Crippen LogP contribution < -0.4 is 5.32 Å². The average Bonchev–Trinajstić information content (AvgIpc) is 3.66. The largest absolute Gasteiger partial charge is 0.481 e. The SMILES string of the molecule is O=C(O)C1CC1CNc1cccc(Sc2ccc(/C=C/C(=O)N3CCOCC3)c(C(F)(F)F)c2C(F)(F)F)c1. The number of carboxylic acid groups (broad SMARTS) is 1. The molecule has 2 fully saturated rings. The molecule has 0 radical (unpaired) electrons. The highest BCUT2D eigenvalue weighted by atomic mass is 32.2. The predicted molar refractivity (Wildman–Crippen MR) is 131 cm³/mol. The Kier molecular flexibility index (Phi) is 8.50. The molecule has 1 amide bonds. The molecule has 0 bridgehead atoms. The Morgan fingerprint density at radius 2 is 1.74 bits per heavy atom. The molecule has 2 aliphatic rings. The third kappa shape index (κ3) is 7.27. The lowest BCUT2D eigenvalue weighted by Crippen LogP contribution is -2.39. The first-order valence-corrected chi connectivity index (χ1v) is 12.8. The molecule has 2 aromatic rings. The van der Waals surface area contributed by atoms with Crippen LogP contribution >= 0.6 is 11.8 Å². The normalized spacial score (nSPS) is 19.8. The van der Waals surface area contributed by atoms with Crippen LogP contribution in [0.1, 0.15) is 23.1 Å². The van der Waals surface area contributed by atoms with Crippen molar-refractivity contribution >= 4 is 35.4 Å². The Labute approximate surface area is 224 Å². The van der Waals surface area contributed by atoms with Crippen molar-refractivity contribution in [3.63, 3.8) is 0 Å². The zero-order valence-electron chi connectivity index (χ0n) is 20.3. The number of carboxylic acids is 1. The van der Waals surface area contributed by atoms with Crippen LogP contribution in [0.5, 0.6) is 0 Å². The first-order valence-electron chi connectivity index (χ1n) is 12.0. The summed E-state index contributed by atoms with van der Waals surface area (Å²) in [6.45, 7) is 1.33. The molecule has 1 aliphatic heterocycles. The van der Waals surface area contributed by atoms with Crippen molar-refractivity contribution in [3.8, 4) is 0 Å². The van der Waals surface area contributed by atoms with Crippen molar-refractivity contribution in [2.24, 2.45) is 11.8 Å². The van der Waals surface area contributed by atoms with E-state index in [2.05, 4.69) is 5.32 Å². The summed E-state index contributed by atoms with van der Waals surface area (Å²) in [5.41, 5.74) is -3.97. The molecule has 2 atom stereocenters. The van der Waals surface area contributed by atoms with Gasteiger partial charge < -0.3 is 20.1 Å². The Balaban J connectivity index is 1.61. The highest BCUT2D eigenvalue weighted by molar-refractivity contribution is 7.99. The minimum absolute atomic E-state index is 0.0688. The highest BCUT2D eigenvalue weighted by Gasteiger charge is 2.46. The van der Waals surface area contributed by atoms with E-state index in [1.165, 1.54) is 17.0 Å². The number of alkyl halides is 6. The molecular formula is C26H24F6N2O4S. The van der Waals surface area contributed by atoms with Gasteiger partial charge in [0.25, 0.3) is 0 Å². The van der Waals surface area contributed by atoms with Gasteiger partial charge in [-0.3, -0.25) is 9.59 Å². The van der Waals surface area contributed by atoms with Crippen LogP contribution in [0.15, 0.2) is 52.3 Å². The molecule has 2 unspecified atom stereocenters. The van der Waals surface area contributed by atoms with E-state index < -0.39 is 51.7 Å². The number of benzene rings is 2. The topological polar surface area (TPSA) is 78.9 Å². The van der Waals surface area contributed by atoms with Crippen LogP contribution in [0, 0.1) is 11.8 Å². The van der Waals surface area contributed by atoms with Gasteiger partial charge in [0.1, 0.15) is 0 Å². The minimum atomic E-state index is -5.35. The third-order valence-electron chi connectivity index (χ3n) is 6.36. The number of hydrogen-bond donors (Lipinski definition) is 2. The Morgan fingerprint density at radius 3 is 2.36 bits per heavy atom. The van der Waals surface area contributed by atoms with E-state index >= 15 is 0 Å². The van der Waals surface area contributed by atoms with Gasteiger partial charge >= 0.3 is 18.3 Å². The smallest absolute Gasteiger partial charge is 0.418 e. The first-order chi connectivity index (χ1) is 18.3. The van der Waals surface area contributed by atoms with Gasteiger partial charge in [0.05, 0.1) is 30.3 Å². The molecular weight excluding hydrogens is 550 g/mol. The molecule has 6 nitrogen and oxygen atoms in total. The van der Waals surface area contributed by atoms with Crippen LogP contribution in [0.25, 0.3) is 6.08 Å². The summed E-state index contributed by atoms with van der Waals surface area (Å²) < 4.78 is 89.7. The van der Waals surface area contributed by atoms with E-state index in [9.17, 15) is 35.9 Å². The lowest BCUT2D eigenvalue weighted by Gasteiger charge is -2.25. The lowest BCUT2D eigenvalue weighted by molar-refractivity contribution is -0.163. The van der Waals surface area contributed by atoms with Gasteiger partial charge in [-0.05, 0) is 48.2 Å². The molecule has 0 aromatic heterocycles. The van der Waals surface area contributed by atoms with Crippen molar-refractivity contribution in [1.29, 1.82) is 0 Å². The second kappa shape index (κ2) is 11.5. The van der Waals surface area contributed by atoms with Crippen LogP contribution in [0.4, 0.5) is 32.0 Å². The number of nitrogens with zero attached hydrogens (tertiary/aromatic N) is 1. The number of aliphatic carboxylic acids is 1. The number of carbonyl (C=O) groups excluding carboxylic acids is 1. The van der Waals surface area contributed by atoms with Gasteiger partial charge in [0, 0.05) is 41.2 Å². The standard InChI is InChI=1S/C26H24F6N2O4S/c27-25(28,29)22-15(5-7-21(35)34-8-10-38-11-9-34)4-6-20(23(22)26(30,31)32)39-18-3-1-2-17(13-18)33-14-16-12-19(16)24(36)37/h1-7,13,16,19,33H,8-12,14H2,(H,36,37)/b7-5+. The number of ether oxygens (including phenoxy) is 1. The van der Waals surface area contributed by atoms with Crippen molar-refractivity contribution in [1.82, 2.24) is 4.90 Å². The zero-order valence-corrected chi connectivity index (χ0v) is 21.1. The maximum Gasteiger partial charge on any atom is 0.418 e. The first kappa shape index (κ1) is 28.8. The zero-order chi connectivity index (χ0) is 28.4. The van der Waals surface area contributed by atoms with Crippen LogP contribution in [-0.2, 0) is 26.7 Å². The molecule has 13 heteroatoms. The van der Waals surface area contributed by atoms with Gasteiger partial charge in [-0.15, -0.1) is 0 Å². The second-order valence-electron chi connectivity index (χ2n) is 9.12. The predicted octanol–water partition coefficient (Wildman–Crippen LogP) is 5.88. The molecule has 1 saturated heterocycles. The summed E-state index contributed by atoms with van der Waals surface area (Å²) in [7, 11) is 0. The molecule has 1 saturated carbocycles. The fourth-order valence-corrected chi connectivity index (χ4v) is 5.32. The quantitative estimate of drug-likeness (QED) is 0.303. The van der Waals surface area contributed by atoms with E-state index in [0.717, 1.165) is 24.3 Å². The number of morpholine rings is 1. The van der Waals surface area contributed by atoms with Crippen molar-refractivity contribution in [2.45, 2.75) is 28.6 Å². The van der Waals surface area contributed by atoms with Gasteiger partial charge in [-0.2, -0.15) is 26.3 Å². The van der Waals surface area contributed by atoms with Crippen LogP contribution in [-0.4, -0.2) is 54.7 Å². The molecule has 2 aromatic carbocycles. The summed E-state index contributed by atoms with van der Waals surface area (Å²) >= 11 is 0.529. The summed E-state index contributed by atoms with van der Waals surface area (Å²) in [5, 5.41) is 12.0. The number of amides is 1. The number of halogens is 6. The number of carbonyl (C=O) groups is 2. The molecule has 210 valence electrons. The van der Waals surface area contributed by atoms with Crippen LogP contribution in [0.3, 0.4) is 0 Å². The van der Waals surface area contributed by atoms with Crippen molar-refractivity contribution < 1.29 is 45.8 Å². The number of nitrogens with one attached hydrogen (secondary N) is 1. The van der Waals surface area contributed by atoms with Crippen molar-refractivity contribution in [2.75, 3.05) is 38.2 Å². The lowest BCUT2D eigenvalue weighted by atomic mass is 9.99. The van der Waals surface area contributed by atoms with E-state index in [-0.39, 0.29) is 37.1 Å². The molecule has 0 spiro atoms. The molecule has 1 heterocycles. The Morgan fingerprint density at radius 1 is 1.05 bits per heavy atom. The average molecular weight is 575 g/mol. The maximum atomic E-state index is 14.1. The number of hydrogen-bond acceptors (Lipinski definition) is 5. The fourth-order valence-electron chi connectivity index (χ4n) is 4.28. The number of rotatable bonds is 8. The Hall–Kier alpha value is -3.19. The van der Waals surface area contributed by atoms with Gasteiger partial charge in [-0.25, -0.2) is 0 Å². The van der Waals surface area contributed by atoms with E-state index in [1.807, 2.05) is 0 Å². The third-order valence-corrected chi connectivity index (χ3v) is 7.41. The summed E-state index contributed by atoms with van der Waals surface area (Å²) in [5.74, 6) is -2.03. The van der Waals surface area contributed by atoms with Gasteiger partial charge in [-0.1, -0.05) is 23.9 Å². The molecule has 4 rings (SSSR count). The molecule has 2 N–H and O–H groups in total. The Bertz CT molecular complexity index is 1260. The fraction of sp³-hybridized carbons (Fsp3) is 0.385. The van der Waals surface area contributed by atoms with Gasteiger partial charge in [0.15, 0.2) is 0 Å². The number of anilines is 1. The molecule has 1 aliphatic carbocycles. The molecule has 39 heavy (non-hydrogen) atoms. The second-order valence-corrected chi connectivity index (χ2v) is 10.2. The highest BCUT2D eigenvalue weighted by Crippen LogP contribution is 2.48. The van der Waals surface area contributed by atoms with E-state index in [1.54, 1.807) is 12.1 Å². The monoisotopic (exact) mass is 574 g/mol. The van der Waals surface area contributed by atoms with E-state index in [0.29, 0.717) is 30.4 Å². The van der Waals surface area contributed by atoms with Crippen molar-refractivity contribution in [3.05, 3.63) is 59.2 Å². The summed E-state index contributed by atoms with van der Waals surface area (Å²) in [6.07, 6.45) is -8.56.